The van der Waals surface area contributed by atoms with E-state index in [0.717, 1.165) is 19.6 Å². The predicted molar refractivity (Wildman–Crippen MR) is 104 cm³/mol. The highest BCUT2D eigenvalue weighted by molar-refractivity contribution is 6.74. The molecule has 23 heavy (non-hydrogen) atoms. The highest BCUT2D eigenvalue weighted by atomic mass is 28.4. The lowest BCUT2D eigenvalue weighted by atomic mass is 10.1. The minimum absolute atomic E-state index is 0.0415. The third-order valence-electron chi connectivity index (χ3n) is 6.63. The van der Waals surface area contributed by atoms with E-state index in [2.05, 4.69) is 67.7 Å². The van der Waals surface area contributed by atoms with E-state index in [9.17, 15) is 5.11 Å². The second-order valence-electron chi connectivity index (χ2n) is 10.5. The second-order valence-corrected chi connectivity index (χ2v) is 20.2. The molecule has 0 radical (unpaired) electrons. The van der Waals surface area contributed by atoms with Crippen molar-refractivity contribution in [2.75, 3.05) is 19.8 Å². The van der Waals surface area contributed by atoms with Crippen LogP contribution in [0.15, 0.2) is 0 Å². The maximum Gasteiger partial charge on any atom is 0.192 e. The van der Waals surface area contributed by atoms with E-state index >= 15 is 0 Å². The summed E-state index contributed by atoms with van der Waals surface area (Å²) < 4.78 is 12.9. The number of rotatable bonds is 7. The average molecular weight is 361 g/mol. The standard InChI is InChI=1S/C18H40O3Si2/c1-16(2,3)22(7,8)20-13-18(11-15(18)12-19)14-21-23(9,10)17(4,5)6/h15,19H,11-14H2,1-10H3. The Bertz CT molecular complexity index is 375. The van der Waals surface area contributed by atoms with Crippen molar-refractivity contribution in [2.45, 2.75) is 84.2 Å². The van der Waals surface area contributed by atoms with Crippen molar-refractivity contribution in [1.82, 2.24) is 0 Å². The molecule has 0 bridgehead atoms. The average Bonchev–Trinajstić information content (AvgIpc) is 3.06. The van der Waals surface area contributed by atoms with Gasteiger partial charge in [0.25, 0.3) is 0 Å². The van der Waals surface area contributed by atoms with Gasteiger partial charge >= 0.3 is 0 Å². The Labute approximate surface area is 146 Å². The quantitative estimate of drug-likeness (QED) is 0.647. The molecular weight excluding hydrogens is 320 g/mol. The molecule has 0 spiro atoms. The van der Waals surface area contributed by atoms with Crippen molar-refractivity contribution in [3.63, 3.8) is 0 Å². The van der Waals surface area contributed by atoms with Crippen molar-refractivity contribution < 1.29 is 14.0 Å². The van der Waals surface area contributed by atoms with Gasteiger partial charge in [0, 0.05) is 25.2 Å². The fourth-order valence-corrected chi connectivity index (χ4v) is 4.33. The van der Waals surface area contributed by atoms with Gasteiger partial charge in [-0.15, -0.1) is 0 Å². The van der Waals surface area contributed by atoms with E-state index in [1.54, 1.807) is 0 Å². The normalized spacial score (nSPS) is 22.3. The zero-order valence-electron chi connectivity index (χ0n) is 17.2. The summed E-state index contributed by atoms with van der Waals surface area (Å²) in [6, 6.07) is 0. The van der Waals surface area contributed by atoms with Gasteiger partial charge in [0.2, 0.25) is 0 Å². The predicted octanol–water partition coefficient (Wildman–Crippen LogP) is 5.03. The summed E-state index contributed by atoms with van der Waals surface area (Å²) in [7, 11) is -3.51. The summed E-state index contributed by atoms with van der Waals surface area (Å²) in [5, 5.41) is 10.1. The molecule has 138 valence electrons. The zero-order chi connectivity index (χ0) is 18.3. The van der Waals surface area contributed by atoms with Crippen LogP contribution in [-0.4, -0.2) is 41.6 Å². The highest BCUT2D eigenvalue weighted by Crippen LogP contribution is 2.54. The third-order valence-corrected chi connectivity index (χ3v) is 15.6. The molecule has 0 saturated heterocycles. The first-order valence-electron chi connectivity index (χ1n) is 8.97. The van der Waals surface area contributed by atoms with Crippen molar-refractivity contribution in [3.8, 4) is 0 Å². The lowest BCUT2D eigenvalue weighted by Crippen LogP contribution is -2.45. The van der Waals surface area contributed by atoms with Crippen LogP contribution in [0.5, 0.6) is 0 Å². The van der Waals surface area contributed by atoms with E-state index in [1.807, 2.05) is 0 Å². The first-order chi connectivity index (χ1) is 10.1. The van der Waals surface area contributed by atoms with Crippen LogP contribution >= 0.6 is 0 Å². The number of hydrogen-bond donors (Lipinski definition) is 1. The maximum absolute atomic E-state index is 9.63. The summed E-state index contributed by atoms with van der Waals surface area (Å²) in [6.45, 7) is 24.6. The molecule has 1 aliphatic carbocycles. The van der Waals surface area contributed by atoms with Crippen LogP contribution in [0.1, 0.15) is 48.0 Å². The monoisotopic (exact) mass is 360 g/mol. The molecule has 3 nitrogen and oxygen atoms in total. The molecule has 1 atom stereocenters. The maximum atomic E-state index is 9.63. The summed E-state index contributed by atoms with van der Waals surface area (Å²) in [4.78, 5) is 0. The summed E-state index contributed by atoms with van der Waals surface area (Å²) in [5.41, 5.74) is 0.0415. The van der Waals surface area contributed by atoms with Crippen molar-refractivity contribution in [3.05, 3.63) is 0 Å². The molecule has 0 amide bonds. The topological polar surface area (TPSA) is 38.7 Å². The van der Waals surface area contributed by atoms with Crippen LogP contribution in [0.4, 0.5) is 0 Å². The fourth-order valence-electron chi connectivity index (χ4n) is 2.17. The van der Waals surface area contributed by atoms with E-state index in [0.29, 0.717) is 5.92 Å². The molecule has 0 aromatic carbocycles. The van der Waals surface area contributed by atoms with Crippen LogP contribution in [0.2, 0.25) is 36.3 Å². The van der Waals surface area contributed by atoms with Crippen molar-refractivity contribution >= 4 is 16.6 Å². The van der Waals surface area contributed by atoms with Crippen molar-refractivity contribution in [1.29, 1.82) is 0 Å². The Hall–Kier alpha value is 0.314. The van der Waals surface area contributed by atoms with Crippen LogP contribution in [0, 0.1) is 11.3 Å². The van der Waals surface area contributed by atoms with Gasteiger partial charge in [0.15, 0.2) is 16.6 Å². The third kappa shape index (κ3) is 4.91. The number of hydrogen-bond acceptors (Lipinski definition) is 3. The molecule has 5 heteroatoms. The molecule has 0 aromatic heterocycles. The first-order valence-corrected chi connectivity index (χ1v) is 14.8. The van der Waals surface area contributed by atoms with Gasteiger partial charge in [0.1, 0.15) is 0 Å². The second kappa shape index (κ2) is 6.56. The Kier molecular flexibility index (Phi) is 6.09. The summed E-state index contributed by atoms with van der Waals surface area (Å²) in [6.07, 6.45) is 1.03. The SMILES string of the molecule is CC(C)(C)[Si](C)(C)OCC1(CO[Si](C)(C)C(C)(C)C)CC1CO. The molecule has 1 N–H and O–H groups in total. The van der Waals surface area contributed by atoms with Crippen LogP contribution in [0.25, 0.3) is 0 Å². The lowest BCUT2D eigenvalue weighted by molar-refractivity contribution is 0.116. The molecular formula is C18H40O3Si2. The van der Waals surface area contributed by atoms with Gasteiger partial charge in [-0.2, -0.15) is 0 Å². The van der Waals surface area contributed by atoms with E-state index < -0.39 is 16.6 Å². The molecule has 1 saturated carbocycles. The molecule has 1 aliphatic rings. The molecule has 1 rings (SSSR count). The highest BCUT2D eigenvalue weighted by Gasteiger charge is 2.56. The molecule has 1 fully saturated rings. The van der Waals surface area contributed by atoms with Crippen LogP contribution in [-0.2, 0) is 8.85 Å². The number of aliphatic hydroxyl groups is 1. The van der Waals surface area contributed by atoms with Gasteiger partial charge in [-0.3, -0.25) is 0 Å². The number of aliphatic hydroxyl groups excluding tert-OH is 1. The van der Waals surface area contributed by atoms with E-state index in [1.165, 1.54) is 0 Å². The van der Waals surface area contributed by atoms with Gasteiger partial charge in [-0.1, -0.05) is 41.5 Å². The van der Waals surface area contributed by atoms with Gasteiger partial charge in [0.05, 0.1) is 0 Å². The van der Waals surface area contributed by atoms with Crippen LogP contribution < -0.4 is 0 Å². The zero-order valence-corrected chi connectivity index (χ0v) is 19.2. The molecule has 0 heterocycles. The Morgan fingerprint density at radius 1 is 0.870 bits per heavy atom. The van der Waals surface area contributed by atoms with E-state index in [-0.39, 0.29) is 22.1 Å². The van der Waals surface area contributed by atoms with Crippen molar-refractivity contribution in [2.24, 2.45) is 11.3 Å². The first kappa shape index (κ1) is 21.4. The Morgan fingerprint density at radius 3 is 1.43 bits per heavy atom. The summed E-state index contributed by atoms with van der Waals surface area (Å²) >= 11 is 0. The molecule has 1 unspecified atom stereocenters. The summed E-state index contributed by atoms with van der Waals surface area (Å²) in [5.74, 6) is 0.344. The van der Waals surface area contributed by atoms with Gasteiger partial charge in [-0.25, -0.2) is 0 Å². The molecule has 0 aliphatic heterocycles. The molecule has 0 aromatic rings. The minimum atomic E-state index is -1.75. The fraction of sp³-hybridized carbons (Fsp3) is 1.00. The Balaban J connectivity index is 2.72. The Morgan fingerprint density at radius 2 is 1.22 bits per heavy atom. The van der Waals surface area contributed by atoms with Gasteiger partial charge in [-0.05, 0) is 48.6 Å². The van der Waals surface area contributed by atoms with Gasteiger partial charge < -0.3 is 14.0 Å². The minimum Gasteiger partial charge on any atom is -0.416 e. The van der Waals surface area contributed by atoms with E-state index in [4.69, 9.17) is 8.85 Å². The smallest absolute Gasteiger partial charge is 0.192 e. The lowest BCUT2D eigenvalue weighted by Gasteiger charge is -2.40. The largest absolute Gasteiger partial charge is 0.416 e. The van der Waals surface area contributed by atoms with Crippen LogP contribution in [0.3, 0.4) is 0 Å².